The van der Waals surface area contributed by atoms with E-state index in [1.165, 1.54) is 25.7 Å². The molecule has 0 amide bonds. The molecule has 2 aliphatic carbocycles. The highest BCUT2D eigenvalue weighted by atomic mass is 35.5. The summed E-state index contributed by atoms with van der Waals surface area (Å²) in [5.74, 6) is 1.72. The zero-order valence-corrected chi connectivity index (χ0v) is 10.4. The quantitative estimate of drug-likeness (QED) is 0.877. The average Bonchev–Trinajstić information content (AvgIpc) is 3.16. The Morgan fingerprint density at radius 2 is 1.88 bits per heavy atom. The zero-order valence-electron chi connectivity index (χ0n) is 9.62. The van der Waals surface area contributed by atoms with E-state index < -0.39 is 0 Å². The summed E-state index contributed by atoms with van der Waals surface area (Å²) in [5.41, 5.74) is 1.60. The first-order chi connectivity index (χ1) is 8.28. The van der Waals surface area contributed by atoms with Crippen LogP contribution >= 0.6 is 11.6 Å². The van der Waals surface area contributed by atoms with Gasteiger partial charge in [0.2, 0.25) is 0 Å². The van der Waals surface area contributed by atoms with Crippen LogP contribution in [0.4, 0.5) is 5.69 Å². The molecule has 0 saturated heterocycles. The third-order valence-corrected chi connectivity index (χ3v) is 4.00. The van der Waals surface area contributed by atoms with E-state index in [9.17, 15) is 0 Å². The van der Waals surface area contributed by atoms with E-state index in [1.807, 2.05) is 12.1 Å². The zero-order chi connectivity index (χ0) is 11.8. The molecular formula is C14H15ClN2. The molecule has 2 fully saturated rings. The number of nitriles is 1. The number of halogens is 1. The third-order valence-electron chi connectivity index (χ3n) is 3.68. The Bertz CT molecular complexity index is 458. The summed E-state index contributed by atoms with van der Waals surface area (Å²) < 4.78 is 0. The normalized spacial score (nSPS) is 19.1. The molecule has 0 bridgehead atoms. The standard InChI is InChI=1S/C14H15ClN2/c15-13-7-12(6-5-11(13)8-16)17-14(9-1-2-9)10-3-4-10/h5-7,9-10,14,17H,1-4H2. The highest BCUT2D eigenvalue weighted by Crippen LogP contribution is 2.46. The van der Waals surface area contributed by atoms with Crippen LogP contribution in [0.25, 0.3) is 0 Å². The van der Waals surface area contributed by atoms with Crippen molar-refractivity contribution in [1.82, 2.24) is 0 Å². The number of anilines is 1. The minimum Gasteiger partial charge on any atom is -0.382 e. The van der Waals surface area contributed by atoms with Gasteiger partial charge in [0, 0.05) is 11.7 Å². The Labute approximate surface area is 107 Å². The fourth-order valence-electron chi connectivity index (χ4n) is 2.42. The average molecular weight is 247 g/mol. The molecule has 0 aliphatic heterocycles. The van der Waals surface area contributed by atoms with Gasteiger partial charge in [0.1, 0.15) is 6.07 Å². The monoisotopic (exact) mass is 246 g/mol. The van der Waals surface area contributed by atoms with E-state index in [-0.39, 0.29) is 0 Å². The highest BCUT2D eigenvalue weighted by Gasteiger charge is 2.41. The summed E-state index contributed by atoms with van der Waals surface area (Å²) in [5, 5.41) is 13.0. The van der Waals surface area contributed by atoms with Gasteiger partial charge < -0.3 is 5.32 Å². The maximum Gasteiger partial charge on any atom is 0.101 e. The van der Waals surface area contributed by atoms with Crippen molar-refractivity contribution in [2.24, 2.45) is 11.8 Å². The van der Waals surface area contributed by atoms with Gasteiger partial charge >= 0.3 is 0 Å². The largest absolute Gasteiger partial charge is 0.382 e. The molecule has 3 rings (SSSR count). The van der Waals surface area contributed by atoms with E-state index in [4.69, 9.17) is 16.9 Å². The summed E-state index contributed by atoms with van der Waals surface area (Å²) in [7, 11) is 0. The van der Waals surface area contributed by atoms with Gasteiger partial charge in [-0.05, 0) is 55.7 Å². The lowest BCUT2D eigenvalue weighted by molar-refractivity contribution is 0.568. The highest BCUT2D eigenvalue weighted by molar-refractivity contribution is 6.32. The van der Waals surface area contributed by atoms with Crippen LogP contribution < -0.4 is 5.32 Å². The maximum absolute atomic E-state index is 8.83. The molecular weight excluding hydrogens is 232 g/mol. The van der Waals surface area contributed by atoms with Gasteiger partial charge in [-0.15, -0.1) is 0 Å². The van der Waals surface area contributed by atoms with Crippen molar-refractivity contribution in [3.8, 4) is 6.07 Å². The van der Waals surface area contributed by atoms with Gasteiger partial charge in [-0.25, -0.2) is 0 Å². The van der Waals surface area contributed by atoms with Crippen LogP contribution in [0.15, 0.2) is 18.2 Å². The fourth-order valence-corrected chi connectivity index (χ4v) is 2.64. The molecule has 88 valence electrons. The summed E-state index contributed by atoms with van der Waals surface area (Å²) in [6.45, 7) is 0. The van der Waals surface area contributed by atoms with Gasteiger partial charge in [0.05, 0.1) is 10.6 Å². The molecule has 1 aromatic rings. The van der Waals surface area contributed by atoms with E-state index in [2.05, 4.69) is 11.4 Å². The van der Waals surface area contributed by atoms with Gasteiger partial charge in [0.25, 0.3) is 0 Å². The second kappa shape index (κ2) is 4.23. The van der Waals surface area contributed by atoms with Crippen LogP contribution in [0.3, 0.4) is 0 Å². The molecule has 0 spiro atoms. The Morgan fingerprint density at radius 3 is 2.35 bits per heavy atom. The molecule has 1 N–H and O–H groups in total. The Morgan fingerprint density at radius 1 is 1.24 bits per heavy atom. The SMILES string of the molecule is N#Cc1ccc(NC(C2CC2)C2CC2)cc1Cl. The van der Waals surface area contributed by atoms with E-state index in [0.717, 1.165) is 17.5 Å². The molecule has 0 atom stereocenters. The number of nitrogens with zero attached hydrogens (tertiary/aromatic N) is 1. The third kappa shape index (κ3) is 2.40. The molecule has 2 aliphatic rings. The lowest BCUT2D eigenvalue weighted by Gasteiger charge is -2.19. The Balaban J connectivity index is 1.75. The first kappa shape index (κ1) is 10.9. The lowest BCUT2D eigenvalue weighted by atomic mass is 10.1. The summed E-state index contributed by atoms with van der Waals surface area (Å²) in [4.78, 5) is 0. The molecule has 0 unspecified atom stereocenters. The Hall–Kier alpha value is -1.20. The molecule has 0 heterocycles. The number of benzene rings is 1. The van der Waals surface area contributed by atoms with Crippen LogP contribution in [0.2, 0.25) is 5.02 Å². The van der Waals surface area contributed by atoms with E-state index in [1.54, 1.807) is 6.07 Å². The molecule has 1 aromatic carbocycles. The number of hydrogen-bond acceptors (Lipinski definition) is 2. The minimum atomic E-state index is 0.544. The van der Waals surface area contributed by atoms with Crippen LogP contribution in [0, 0.1) is 23.2 Å². The predicted molar refractivity (Wildman–Crippen MR) is 69.0 cm³/mol. The summed E-state index contributed by atoms with van der Waals surface area (Å²) in [6.07, 6.45) is 5.44. The number of hydrogen-bond donors (Lipinski definition) is 1. The lowest BCUT2D eigenvalue weighted by Crippen LogP contribution is -2.24. The van der Waals surface area contributed by atoms with Gasteiger partial charge in [-0.1, -0.05) is 11.6 Å². The van der Waals surface area contributed by atoms with Gasteiger partial charge in [-0.3, -0.25) is 0 Å². The van der Waals surface area contributed by atoms with Crippen molar-refractivity contribution < 1.29 is 0 Å². The van der Waals surface area contributed by atoms with Crippen molar-refractivity contribution in [3.63, 3.8) is 0 Å². The van der Waals surface area contributed by atoms with Crippen LogP contribution in [0.5, 0.6) is 0 Å². The second-order valence-corrected chi connectivity index (χ2v) is 5.56. The van der Waals surface area contributed by atoms with Crippen LogP contribution in [0.1, 0.15) is 31.2 Å². The van der Waals surface area contributed by atoms with Crippen molar-refractivity contribution >= 4 is 17.3 Å². The first-order valence-electron chi connectivity index (χ1n) is 6.24. The van der Waals surface area contributed by atoms with Gasteiger partial charge in [-0.2, -0.15) is 5.26 Å². The topological polar surface area (TPSA) is 35.8 Å². The molecule has 2 nitrogen and oxygen atoms in total. The number of nitrogens with one attached hydrogen (secondary N) is 1. The molecule has 0 radical (unpaired) electrons. The Kier molecular flexibility index (Phi) is 2.72. The second-order valence-electron chi connectivity index (χ2n) is 5.15. The van der Waals surface area contributed by atoms with Crippen molar-refractivity contribution in [3.05, 3.63) is 28.8 Å². The smallest absolute Gasteiger partial charge is 0.101 e. The molecule has 3 heteroatoms. The first-order valence-corrected chi connectivity index (χ1v) is 6.62. The van der Waals surface area contributed by atoms with Crippen LogP contribution in [-0.4, -0.2) is 6.04 Å². The maximum atomic E-state index is 8.83. The molecule has 0 aromatic heterocycles. The van der Waals surface area contributed by atoms with E-state index >= 15 is 0 Å². The van der Waals surface area contributed by atoms with Crippen molar-refractivity contribution in [2.45, 2.75) is 31.7 Å². The van der Waals surface area contributed by atoms with Gasteiger partial charge in [0.15, 0.2) is 0 Å². The summed E-state index contributed by atoms with van der Waals surface area (Å²) >= 11 is 6.04. The molecule has 2 saturated carbocycles. The predicted octanol–water partition coefficient (Wildman–Crippen LogP) is 3.81. The summed E-state index contributed by atoms with van der Waals surface area (Å²) in [6, 6.07) is 8.34. The minimum absolute atomic E-state index is 0.544. The fraction of sp³-hybridized carbons (Fsp3) is 0.500. The van der Waals surface area contributed by atoms with Crippen LogP contribution in [-0.2, 0) is 0 Å². The van der Waals surface area contributed by atoms with Crippen molar-refractivity contribution in [1.29, 1.82) is 5.26 Å². The number of rotatable bonds is 4. The van der Waals surface area contributed by atoms with Crippen molar-refractivity contribution in [2.75, 3.05) is 5.32 Å². The molecule has 17 heavy (non-hydrogen) atoms. The van der Waals surface area contributed by atoms with E-state index in [0.29, 0.717) is 16.6 Å².